The van der Waals surface area contributed by atoms with Crippen LogP contribution in [-0.2, 0) is 0 Å². The van der Waals surface area contributed by atoms with Crippen molar-refractivity contribution in [2.75, 3.05) is 11.9 Å². The Hall–Kier alpha value is -1.88. The van der Waals surface area contributed by atoms with Gasteiger partial charge in [0.05, 0.1) is 15.5 Å². The third-order valence-electron chi connectivity index (χ3n) is 3.06. The number of aromatic nitrogens is 1. The van der Waals surface area contributed by atoms with Gasteiger partial charge in [-0.15, -0.1) is 0 Å². The SMILES string of the molecule is CCNc1nc2c(Cl)cc([N+](=O)[O-])cc2cc1C(C)C. The van der Waals surface area contributed by atoms with Crippen LogP contribution in [0.5, 0.6) is 0 Å². The van der Waals surface area contributed by atoms with Gasteiger partial charge >= 0.3 is 0 Å². The second-order valence-corrected chi connectivity index (χ2v) is 5.27. The molecule has 0 fully saturated rings. The molecular formula is C14H16ClN3O2. The molecule has 2 rings (SSSR count). The van der Waals surface area contributed by atoms with E-state index in [0.29, 0.717) is 15.9 Å². The Labute approximate surface area is 122 Å². The van der Waals surface area contributed by atoms with Gasteiger partial charge in [0.15, 0.2) is 0 Å². The van der Waals surface area contributed by atoms with Crippen molar-refractivity contribution in [3.63, 3.8) is 0 Å². The summed E-state index contributed by atoms with van der Waals surface area (Å²) in [5, 5.41) is 15.1. The molecule has 0 amide bonds. The molecule has 0 aliphatic heterocycles. The second kappa shape index (κ2) is 5.63. The average Bonchev–Trinajstić information content (AvgIpc) is 2.38. The molecule has 0 atom stereocenters. The number of anilines is 1. The molecule has 6 heteroatoms. The molecule has 1 aromatic carbocycles. The molecule has 5 nitrogen and oxygen atoms in total. The fraction of sp³-hybridized carbons (Fsp3) is 0.357. The van der Waals surface area contributed by atoms with E-state index in [1.54, 1.807) is 0 Å². The monoisotopic (exact) mass is 293 g/mol. The third-order valence-corrected chi connectivity index (χ3v) is 3.35. The van der Waals surface area contributed by atoms with Gasteiger partial charge in [0, 0.05) is 24.1 Å². The van der Waals surface area contributed by atoms with Crippen LogP contribution in [-0.4, -0.2) is 16.5 Å². The van der Waals surface area contributed by atoms with E-state index in [1.807, 2.05) is 13.0 Å². The van der Waals surface area contributed by atoms with Gasteiger partial charge in [0.1, 0.15) is 5.82 Å². The quantitative estimate of drug-likeness (QED) is 0.672. The first-order valence-electron chi connectivity index (χ1n) is 6.46. The lowest BCUT2D eigenvalue weighted by Crippen LogP contribution is -2.05. The Morgan fingerprint density at radius 2 is 2.10 bits per heavy atom. The van der Waals surface area contributed by atoms with Crippen LogP contribution in [0.15, 0.2) is 18.2 Å². The molecular weight excluding hydrogens is 278 g/mol. The molecule has 0 radical (unpaired) electrons. The Balaban J connectivity index is 2.73. The predicted molar refractivity (Wildman–Crippen MR) is 81.7 cm³/mol. The minimum Gasteiger partial charge on any atom is -0.370 e. The van der Waals surface area contributed by atoms with E-state index in [1.165, 1.54) is 12.1 Å². The molecule has 0 saturated heterocycles. The third kappa shape index (κ3) is 2.67. The van der Waals surface area contributed by atoms with Crippen molar-refractivity contribution in [2.45, 2.75) is 26.7 Å². The molecule has 0 aliphatic rings. The minimum atomic E-state index is -0.446. The number of nitro benzene ring substituents is 1. The van der Waals surface area contributed by atoms with Gasteiger partial charge in [-0.2, -0.15) is 0 Å². The fourth-order valence-corrected chi connectivity index (χ4v) is 2.36. The average molecular weight is 294 g/mol. The van der Waals surface area contributed by atoms with Gasteiger partial charge in [-0.05, 0) is 24.5 Å². The van der Waals surface area contributed by atoms with Gasteiger partial charge in [-0.3, -0.25) is 10.1 Å². The van der Waals surface area contributed by atoms with E-state index in [4.69, 9.17) is 11.6 Å². The number of nitro groups is 1. The summed E-state index contributed by atoms with van der Waals surface area (Å²) in [6.45, 7) is 6.86. The summed E-state index contributed by atoms with van der Waals surface area (Å²) >= 11 is 6.12. The van der Waals surface area contributed by atoms with E-state index >= 15 is 0 Å². The maximum atomic E-state index is 10.9. The van der Waals surface area contributed by atoms with Gasteiger partial charge in [0.2, 0.25) is 0 Å². The van der Waals surface area contributed by atoms with Crippen molar-refractivity contribution < 1.29 is 4.92 Å². The number of nitrogens with one attached hydrogen (secondary N) is 1. The summed E-state index contributed by atoms with van der Waals surface area (Å²) in [5.41, 5.74) is 1.59. The molecule has 2 aromatic rings. The summed E-state index contributed by atoms with van der Waals surface area (Å²) in [7, 11) is 0. The van der Waals surface area contributed by atoms with E-state index in [2.05, 4.69) is 24.1 Å². The molecule has 0 aliphatic carbocycles. The summed E-state index contributed by atoms with van der Waals surface area (Å²) < 4.78 is 0. The van der Waals surface area contributed by atoms with Crippen molar-refractivity contribution in [3.05, 3.63) is 38.9 Å². The largest absolute Gasteiger partial charge is 0.370 e. The standard InChI is InChI=1S/C14H16ClN3O2/c1-4-16-14-11(8(2)3)6-9-5-10(18(19)20)7-12(15)13(9)17-14/h5-8H,4H2,1-3H3,(H,16,17). The zero-order chi connectivity index (χ0) is 14.9. The summed E-state index contributed by atoms with van der Waals surface area (Å²) in [6.07, 6.45) is 0. The molecule has 0 bridgehead atoms. The van der Waals surface area contributed by atoms with Crippen LogP contribution in [0, 0.1) is 10.1 Å². The molecule has 1 aromatic heterocycles. The Morgan fingerprint density at radius 3 is 2.65 bits per heavy atom. The molecule has 1 heterocycles. The van der Waals surface area contributed by atoms with Crippen molar-refractivity contribution >= 4 is 34.0 Å². The van der Waals surface area contributed by atoms with Crippen LogP contribution in [0.3, 0.4) is 0 Å². The van der Waals surface area contributed by atoms with E-state index in [9.17, 15) is 10.1 Å². The number of hydrogen-bond acceptors (Lipinski definition) is 4. The van der Waals surface area contributed by atoms with Crippen LogP contribution >= 0.6 is 11.6 Å². The van der Waals surface area contributed by atoms with Crippen molar-refractivity contribution in [2.24, 2.45) is 0 Å². The van der Waals surface area contributed by atoms with Gasteiger partial charge in [-0.1, -0.05) is 25.4 Å². The maximum Gasteiger partial charge on any atom is 0.271 e. The van der Waals surface area contributed by atoms with E-state index < -0.39 is 4.92 Å². The molecule has 0 saturated carbocycles. The summed E-state index contributed by atoms with van der Waals surface area (Å²) in [4.78, 5) is 15.0. The molecule has 106 valence electrons. The highest BCUT2D eigenvalue weighted by molar-refractivity contribution is 6.35. The van der Waals surface area contributed by atoms with Crippen molar-refractivity contribution in [3.8, 4) is 0 Å². The normalized spacial score (nSPS) is 11.1. The molecule has 0 spiro atoms. The first kappa shape index (κ1) is 14.5. The van der Waals surface area contributed by atoms with Gasteiger partial charge in [0.25, 0.3) is 5.69 Å². The lowest BCUT2D eigenvalue weighted by molar-refractivity contribution is -0.384. The topological polar surface area (TPSA) is 68.1 Å². The summed E-state index contributed by atoms with van der Waals surface area (Å²) in [5.74, 6) is 1.05. The van der Waals surface area contributed by atoms with Crippen LogP contribution in [0.2, 0.25) is 5.02 Å². The zero-order valence-electron chi connectivity index (χ0n) is 11.6. The predicted octanol–water partition coefficient (Wildman–Crippen LogP) is 4.35. The lowest BCUT2D eigenvalue weighted by atomic mass is 10.0. The Bertz CT molecular complexity index is 671. The Kier molecular flexibility index (Phi) is 4.09. The van der Waals surface area contributed by atoms with Crippen LogP contribution in [0.25, 0.3) is 10.9 Å². The Morgan fingerprint density at radius 1 is 1.40 bits per heavy atom. The molecule has 0 unspecified atom stereocenters. The second-order valence-electron chi connectivity index (χ2n) is 4.87. The zero-order valence-corrected chi connectivity index (χ0v) is 12.4. The number of benzene rings is 1. The van der Waals surface area contributed by atoms with E-state index in [-0.39, 0.29) is 11.6 Å². The number of nitrogens with zero attached hydrogens (tertiary/aromatic N) is 2. The first-order valence-corrected chi connectivity index (χ1v) is 6.84. The maximum absolute atomic E-state index is 10.9. The number of rotatable bonds is 4. The van der Waals surface area contributed by atoms with Gasteiger partial charge in [-0.25, -0.2) is 4.98 Å². The minimum absolute atomic E-state index is 0.0183. The number of fused-ring (bicyclic) bond motifs is 1. The number of pyridine rings is 1. The van der Waals surface area contributed by atoms with Gasteiger partial charge < -0.3 is 5.32 Å². The molecule has 20 heavy (non-hydrogen) atoms. The molecule has 1 N–H and O–H groups in total. The van der Waals surface area contributed by atoms with Crippen LogP contribution in [0.1, 0.15) is 32.3 Å². The number of non-ortho nitro benzene ring substituents is 1. The fourth-order valence-electron chi connectivity index (χ4n) is 2.10. The van der Waals surface area contributed by atoms with Crippen molar-refractivity contribution in [1.82, 2.24) is 4.98 Å². The lowest BCUT2D eigenvalue weighted by Gasteiger charge is -2.14. The smallest absolute Gasteiger partial charge is 0.271 e. The highest BCUT2D eigenvalue weighted by Crippen LogP contribution is 2.33. The summed E-state index contributed by atoms with van der Waals surface area (Å²) in [6, 6.07) is 4.77. The highest BCUT2D eigenvalue weighted by Gasteiger charge is 2.15. The van der Waals surface area contributed by atoms with Crippen molar-refractivity contribution in [1.29, 1.82) is 0 Å². The van der Waals surface area contributed by atoms with Crippen LogP contribution < -0.4 is 5.32 Å². The first-order chi connectivity index (χ1) is 9.43. The van der Waals surface area contributed by atoms with Crippen LogP contribution in [0.4, 0.5) is 11.5 Å². The number of halogens is 1. The van der Waals surface area contributed by atoms with E-state index in [0.717, 1.165) is 17.9 Å². The highest BCUT2D eigenvalue weighted by atomic mass is 35.5. The number of hydrogen-bond donors (Lipinski definition) is 1.